The number of nitrogens with zero attached hydrogens (tertiary/aromatic N) is 2. The molecule has 130 valence electrons. The molecule has 0 spiro atoms. The zero-order chi connectivity index (χ0) is 16.4. The molecule has 2 aromatic carbocycles. The smallest absolute Gasteiger partial charge is 0.244 e. The van der Waals surface area contributed by atoms with Crippen molar-refractivity contribution in [2.24, 2.45) is 0 Å². The Bertz CT molecular complexity index is 833. The third kappa shape index (κ3) is 4.04. The molecule has 1 atom stereocenters. The summed E-state index contributed by atoms with van der Waals surface area (Å²) in [5.41, 5.74) is 2.53. The standard InChI is InChI=1S/C20H21N2O2.BrH/c1-23-18-7-8-20-17(11-18)12-19(24-20)14-22-10-9-21(15-22)13-16-5-3-2-4-6-16;/h2-11,15,19H,12-14H2,1H3;1H/q+1;/p-1. The minimum atomic E-state index is 0. The second kappa shape index (κ2) is 7.74. The van der Waals surface area contributed by atoms with Crippen LogP contribution in [-0.4, -0.2) is 17.8 Å². The van der Waals surface area contributed by atoms with Crippen molar-refractivity contribution in [3.63, 3.8) is 0 Å². The van der Waals surface area contributed by atoms with Crippen molar-refractivity contribution in [1.82, 2.24) is 4.57 Å². The molecule has 0 aliphatic carbocycles. The van der Waals surface area contributed by atoms with E-state index >= 15 is 0 Å². The first kappa shape index (κ1) is 17.5. The van der Waals surface area contributed by atoms with Crippen LogP contribution in [0.1, 0.15) is 11.1 Å². The number of hydrogen-bond acceptors (Lipinski definition) is 2. The molecule has 25 heavy (non-hydrogen) atoms. The van der Waals surface area contributed by atoms with Gasteiger partial charge in [0.1, 0.15) is 43.1 Å². The molecule has 3 aromatic rings. The fourth-order valence-corrected chi connectivity index (χ4v) is 3.20. The van der Waals surface area contributed by atoms with Crippen molar-refractivity contribution in [1.29, 1.82) is 0 Å². The number of methoxy groups -OCH3 is 1. The number of imidazole rings is 1. The van der Waals surface area contributed by atoms with Gasteiger partial charge in [-0.05, 0) is 23.8 Å². The van der Waals surface area contributed by atoms with Gasteiger partial charge in [0, 0.05) is 12.0 Å². The van der Waals surface area contributed by atoms with E-state index in [2.05, 4.69) is 58.2 Å². The summed E-state index contributed by atoms with van der Waals surface area (Å²) in [6.07, 6.45) is 7.45. The normalized spacial score (nSPS) is 15.2. The Morgan fingerprint density at radius 2 is 2.04 bits per heavy atom. The Morgan fingerprint density at radius 3 is 2.84 bits per heavy atom. The van der Waals surface area contributed by atoms with Gasteiger partial charge in [-0.2, -0.15) is 0 Å². The summed E-state index contributed by atoms with van der Waals surface area (Å²) in [6.45, 7) is 1.73. The van der Waals surface area contributed by atoms with E-state index in [1.54, 1.807) is 7.11 Å². The summed E-state index contributed by atoms with van der Waals surface area (Å²) in [5, 5.41) is 0. The zero-order valence-electron chi connectivity index (χ0n) is 14.1. The van der Waals surface area contributed by atoms with Crippen LogP contribution in [0.3, 0.4) is 0 Å². The van der Waals surface area contributed by atoms with Crippen LogP contribution in [-0.2, 0) is 19.5 Å². The minimum Gasteiger partial charge on any atom is -1.00 e. The van der Waals surface area contributed by atoms with Crippen LogP contribution in [0.4, 0.5) is 0 Å². The van der Waals surface area contributed by atoms with Gasteiger partial charge in [0.2, 0.25) is 6.33 Å². The van der Waals surface area contributed by atoms with E-state index in [1.165, 1.54) is 11.1 Å². The lowest BCUT2D eigenvalue weighted by Crippen LogP contribution is -3.00. The molecule has 1 aliphatic rings. The van der Waals surface area contributed by atoms with Crippen LogP contribution in [0, 0.1) is 0 Å². The highest BCUT2D eigenvalue weighted by atomic mass is 79.9. The van der Waals surface area contributed by atoms with E-state index in [9.17, 15) is 0 Å². The lowest BCUT2D eigenvalue weighted by molar-refractivity contribution is -0.687. The van der Waals surface area contributed by atoms with Crippen molar-refractivity contribution in [2.75, 3.05) is 7.11 Å². The Labute approximate surface area is 158 Å². The molecule has 0 saturated carbocycles. The maximum absolute atomic E-state index is 6.05. The summed E-state index contributed by atoms with van der Waals surface area (Å²) in [7, 11) is 1.69. The summed E-state index contributed by atoms with van der Waals surface area (Å²) in [4.78, 5) is 0. The van der Waals surface area contributed by atoms with Crippen LogP contribution in [0.25, 0.3) is 0 Å². The molecule has 0 N–H and O–H groups in total. The first-order valence-corrected chi connectivity index (χ1v) is 8.22. The molecule has 0 saturated heterocycles. The number of aromatic nitrogens is 2. The highest BCUT2D eigenvalue weighted by molar-refractivity contribution is 5.43. The molecule has 1 aliphatic heterocycles. The molecule has 0 radical (unpaired) electrons. The number of rotatable bonds is 5. The predicted octanol–water partition coefficient (Wildman–Crippen LogP) is -0.160. The van der Waals surface area contributed by atoms with Crippen molar-refractivity contribution in [3.05, 3.63) is 78.4 Å². The second-order valence-corrected chi connectivity index (χ2v) is 6.19. The highest BCUT2D eigenvalue weighted by Crippen LogP contribution is 2.32. The van der Waals surface area contributed by atoms with Crippen molar-refractivity contribution in [2.45, 2.75) is 25.6 Å². The maximum atomic E-state index is 6.05. The number of ether oxygens (including phenoxy) is 2. The van der Waals surface area contributed by atoms with Gasteiger partial charge in [0.05, 0.1) is 7.11 Å². The van der Waals surface area contributed by atoms with Crippen molar-refractivity contribution >= 4 is 0 Å². The number of benzene rings is 2. The van der Waals surface area contributed by atoms with Gasteiger partial charge in [-0.3, -0.25) is 0 Å². The van der Waals surface area contributed by atoms with Crippen LogP contribution in [0.15, 0.2) is 67.3 Å². The van der Waals surface area contributed by atoms with Crippen molar-refractivity contribution in [3.8, 4) is 11.5 Å². The maximum Gasteiger partial charge on any atom is 0.244 e. The highest BCUT2D eigenvalue weighted by Gasteiger charge is 2.25. The molecule has 2 heterocycles. The number of halogens is 1. The average Bonchev–Trinajstić information content (AvgIpc) is 3.21. The van der Waals surface area contributed by atoms with Crippen molar-refractivity contribution < 1.29 is 31.0 Å². The van der Waals surface area contributed by atoms with E-state index in [0.717, 1.165) is 31.0 Å². The molecule has 5 heteroatoms. The van der Waals surface area contributed by atoms with E-state index in [0.29, 0.717) is 0 Å². The molecular formula is C20H21BrN2O2. The van der Waals surface area contributed by atoms with Crippen LogP contribution in [0.5, 0.6) is 11.5 Å². The zero-order valence-corrected chi connectivity index (χ0v) is 15.7. The van der Waals surface area contributed by atoms with E-state index in [4.69, 9.17) is 9.47 Å². The van der Waals surface area contributed by atoms with Gasteiger partial charge in [-0.15, -0.1) is 0 Å². The van der Waals surface area contributed by atoms with Crippen LogP contribution >= 0.6 is 0 Å². The molecule has 0 amide bonds. The van der Waals surface area contributed by atoms with Gasteiger partial charge >= 0.3 is 0 Å². The molecule has 1 unspecified atom stereocenters. The molecule has 0 bridgehead atoms. The fourth-order valence-electron chi connectivity index (χ4n) is 3.20. The third-order valence-corrected chi connectivity index (χ3v) is 4.38. The third-order valence-electron chi connectivity index (χ3n) is 4.38. The molecule has 4 nitrogen and oxygen atoms in total. The minimum absolute atomic E-state index is 0. The number of fused-ring (bicyclic) bond motifs is 1. The fraction of sp³-hybridized carbons (Fsp3) is 0.250. The van der Waals surface area contributed by atoms with E-state index in [-0.39, 0.29) is 23.1 Å². The summed E-state index contributed by atoms with van der Waals surface area (Å²) in [5.74, 6) is 1.87. The molecule has 0 fully saturated rings. The van der Waals surface area contributed by atoms with Gasteiger partial charge in [-0.1, -0.05) is 30.3 Å². The second-order valence-electron chi connectivity index (χ2n) is 6.19. The molecule has 1 aromatic heterocycles. The summed E-state index contributed by atoms with van der Waals surface area (Å²) in [6, 6.07) is 16.5. The van der Waals surface area contributed by atoms with Gasteiger partial charge in [0.15, 0.2) is 0 Å². The summed E-state index contributed by atoms with van der Waals surface area (Å²) < 4.78 is 15.7. The van der Waals surface area contributed by atoms with Crippen LogP contribution in [0.2, 0.25) is 0 Å². The van der Waals surface area contributed by atoms with Gasteiger partial charge in [0.25, 0.3) is 0 Å². The first-order chi connectivity index (χ1) is 11.8. The van der Waals surface area contributed by atoms with E-state index in [1.807, 2.05) is 18.2 Å². The number of hydrogen-bond donors (Lipinski definition) is 0. The van der Waals surface area contributed by atoms with Crippen LogP contribution < -0.4 is 31.0 Å². The Hall–Kier alpha value is -2.27. The lowest BCUT2D eigenvalue weighted by Gasteiger charge is -2.07. The predicted molar refractivity (Wildman–Crippen MR) is 91.3 cm³/mol. The Balaban J connectivity index is 0.00000182. The van der Waals surface area contributed by atoms with Gasteiger partial charge < -0.3 is 26.5 Å². The SMILES string of the molecule is COc1ccc2c(c1)CC(Cn1cc[n+](Cc3ccccc3)c1)O2.[Br-]. The van der Waals surface area contributed by atoms with Gasteiger partial charge in [-0.25, -0.2) is 9.13 Å². The summed E-state index contributed by atoms with van der Waals surface area (Å²) >= 11 is 0. The van der Waals surface area contributed by atoms with E-state index < -0.39 is 0 Å². The Morgan fingerprint density at radius 1 is 1.20 bits per heavy atom. The largest absolute Gasteiger partial charge is 1.00 e. The monoisotopic (exact) mass is 400 g/mol. The Kier molecular flexibility index (Phi) is 5.43. The molecular weight excluding hydrogens is 380 g/mol. The lowest BCUT2D eigenvalue weighted by atomic mass is 10.1. The quantitative estimate of drug-likeness (QED) is 0.556. The molecule has 4 rings (SSSR count). The topological polar surface area (TPSA) is 27.3 Å². The average molecular weight is 401 g/mol. The first-order valence-electron chi connectivity index (χ1n) is 8.22.